The fourth-order valence-corrected chi connectivity index (χ4v) is 3.43. The number of fused-ring (bicyclic) bond motifs is 1. The van der Waals surface area contributed by atoms with Crippen molar-refractivity contribution in [1.29, 1.82) is 0 Å². The molecule has 0 bridgehead atoms. The van der Waals surface area contributed by atoms with Gasteiger partial charge in [-0.3, -0.25) is 15.0 Å². The summed E-state index contributed by atoms with van der Waals surface area (Å²) in [6, 6.07) is 15.0. The van der Waals surface area contributed by atoms with E-state index in [1.54, 1.807) is 12.1 Å². The molecule has 130 valence electrons. The molecule has 2 aromatic heterocycles. The lowest BCUT2D eigenvalue weighted by Gasteiger charge is -2.09. The second-order valence-corrected chi connectivity index (χ2v) is 7.05. The first-order valence-corrected chi connectivity index (χ1v) is 8.96. The van der Waals surface area contributed by atoms with Crippen molar-refractivity contribution >= 4 is 26.8 Å². The Bertz CT molecular complexity index is 1160. The van der Waals surface area contributed by atoms with Crippen LogP contribution in [0.2, 0.25) is 0 Å². The summed E-state index contributed by atoms with van der Waals surface area (Å²) in [5, 5.41) is 16.9. The molecule has 4 rings (SSSR count). The Labute approximate surface area is 157 Å². The molecule has 0 aliphatic heterocycles. The molecule has 0 saturated carbocycles. The molecule has 5 nitrogen and oxygen atoms in total. The third-order valence-electron chi connectivity index (χ3n) is 4.49. The summed E-state index contributed by atoms with van der Waals surface area (Å²) in [5.74, 6) is 0.150. The molecule has 0 unspecified atom stereocenters. The Morgan fingerprint density at radius 2 is 1.77 bits per heavy atom. The van der Waals surface area contributed by atoms with Gasteiger partial charge in [-0.1, -0.05) is 29.8 Å². The first-order valence-electron chi connectivity index (χ1n) is 8.16. The zero-order valence-corrected chi connectivity index (χ0v) is 15.6. The van der Waals surface area contributed by atoms with Gasteiger partial charge in [0.05, 0.1) is 11.2 Å². The number of hydrogen-bond acceptors (Lipinski definition) is 3. The highest BCUT2D eigenvalue weighted by atomic mass is 79.9. The van der Waals surface area contributed by atoms with E-state index in [2.05, 4.69) is 31.1 Å². The van der Waals surface area contributed by atoms with Crippen molar-refractivity contribution in [2.24, 2.45) is 0 Å². The van der Waals surface area contributed by atoms with E-state index in [0.29, 0.717) is 17.5 Å². The highest BCUT2D eigenvalue weighted by molar-refractivity contribution is 9.10. The number of aromatic hydroxyl groups is 1. The first kappa shape index (κ1) is 16.6. The number of nitrogens with zero attached hydrogens (tertiary/aromatic N) is 1. The van der Waals surface area contributed by atoms with Crippen molar-refractivity contribution in [2.75, 3.05) is 0 Å². The van der Waals surface area contributed by atoms with Gasteiger partial charge in [-0.2, -0.15) is 0 Å². The summed E-state index contributed by atoms with van der Waals surface area (Å²) >= 11 is 3.36. The highest BCUT2D eigenvalue weighted by Gasteiger charge is 2.16. The van der Waals surface area contributed by atoms with Gasteiger partial charge in [0.15, 0.2) is 0 Å². The van der Waals surface area contributed by atoms with Gasteiger partial charge in [-0.25, -0.2) is 4.98 Å². The van der Waals surface area contributed by atoms with E-state index in [9.17, 15) is 9.90 Å². The Hall–Kier alpha value is -2.86. The summed E-state index contributed by atoms with van der Waals surface area (Å²) in [7, 11) is 0. The predicted molar refractivity (Wildman–Crippen MR) is 106 cm³/mol. The van der Waals surface area contributed by atoms with Gasteiger partial charge in [0.1, 0.15) is 10.4 Å². The zero-order chi connectivity index (χ0) is 18.3. The third kappa shape index (κ3) is 2.93. The number of nitrogens with one attached hydrogen (secondary N) is 2. The van der Waals surface area contributed by atoms with E-state index < -0.39 is 0 Å². The summed E-state index contributed by atoms with van der Waals surface area (Å²) < 4.78 is 0.724. The lowest BCUT2D eigenvalue weighted by atomic mass is 9.97. The van der Waals surface area contributed by atoms with Gasteiger partial charge in [-0.15, -0.1) is 0 Å². The highest BCUT2D eigenvalue weighted by Crippen LogP contribution is 2.31. The SMILES string of the molecule is Cc1ccc(-c2[nH][nH]c(=O)c2Cc2c(O)ccc3nc(Br)ccc23)cc1. The zero-order valence-electron chi connectivity index (χ0n) is 14.0. The van der Waals surface area contributed by atoms with Crippen LogP contribution < -0.4 is 5.56 Å². The van der Waals surface area contributed by atoms with E-state index in [1.807, 2.05) is 43.3 Å². The molecule has 2 heterocycles. The lowest BCUT2D eigenvalue weighted by Crippen LogP contribution is -2.07. The topological polar surface area (TPSA) is 81.8 Å². The number of benzene rings is 2. The van der Waals surface area contributed by atoms with Crippen molar-refractivity contribution in [1.82, 2.24) is 15.2 Å². The number of aryl methyl sites for hydroxylation is 1. The van der Waals surface area contributed by atoms with Crippen LogP contribution in [-0.2, 0) is 6.42 Å². The lowest BCUT2D eigenvalue weighted by molar-refractivity contribution is 0.470. The second-order valence-electron chi connectivity index (χ2n) is 6.24. The molecule has 0 saturated heterocycles. The van der Waals surface area contributed by atoms with Crippen LogP contribution in [0.1, 0.15) is 16.7 Å². The van der Waals surface area contributed by atoms with Crippen LogP contribution in [0.25, 0.3) is 22.2 Å². The van der Waals surface area contributed by atoms with E-state index >= 15 is 0 Å². The number of aromatic nitrogens is 3. The van der Waals surface area contributed by atoms with Crippen LogP contribution in [0.5, 0.6) is 5.75 Å². The second kappa shape index (κ2) is 6.46. The molecule has 6 heteroatoms. The fourth-order valence-electron chi connectivity index (χ4n) is 3.11. The van der Waals surface area contributed by atoms with Gasteiger partial charge in [0.25, 0.3) is 5.56 Å². The summed E-state index contributed by atoms with van der Waals surface area (Å²) in [5.41, 5.74) is 4.64. The van der Waals surface area contributed by atoms with Crippen LogP contribution in [-0.4, -0.2) is 20.3 Å². The van der Waals surface area contributed by atoms with Crippen molar-refractivity contribution < 1.29 is 5.11 Å². The number of pyridine rings is 1. The van der Waals surface area contributed by atoms with Gasteiger partial charge < -0.3 is 5.11 Å². The Kier molecular flexibility index (Phi) is 4.12. The summed E-state index contributed by atoms with van der Waals surface area (Å²) in [4.78, 5) is 16.8. The smallest absolute Gasteiger partial charge is 0.268 e. The molecule has 26 heavy (non-hydrogen) atoms. The standard InChI is InChI=1S/C20H16BrN3O2/c1-11-2-4-12(5-3-11)19-15(20(26)24-23-19)10-14-13-6-9-18(21)22-16(13)7-8-17(14)25/h2-9,25H,10H2,1H3,(H2,23,24,26). The van der Waals surface area contributed by atoms with E-state index in [4.69, 9.17) is 0 Å². The molecule has 0 atom stereocenters. The monoisotopic (exact) mass is 409 g/mol. The maximum Gasteiger partial charge on any atom is 0.268 e. The number of phenols is 1. The first-order chi connectivity index (χ1) is 12.5. The minimum atomic E-state index is -0.193. The summed E-state index contributed by atoms with van der Waals surface area (Å²) in [6.07, 6.45) is 0.300. The van der Waals surface area contributed by atoms with Crippen LogP contribution in [0.4, 0.5) is 0 Å². The Morgan fingerprint density at radius 1 is 1.00 bits per heavy atom. The fraction of sp³-hybridized carbons (Fsp3) is 0.100. The minimum absolute atomic E-state index is 0.150. The van der Waals surface area contributed by atoms with Crippen molar-refractivity contribution in [3.05, 3.63) is 80.2 Å². The van der Waals surface area contributed by atoms with Crippen LogP contribution >= 0.6 is 15.9 Å². The average Bonchev–Trinajstić information content (AvgIpc) is 2.99. The molecule has 2 aromatic carbocycles. The van der Waals surface area contributed by atoms with Crippen LogP contribution in [0, 0.1) is 6.92 Å². The third-order valence-corrected chi connectivity index (χ3v) is 4.94. The average molecular weight is 410 g/mol. The maximum absolute atomic E-state index is 12.4. The van der Waals surface area contributed by atoms with Crippen molar-refractivity contribution in [2.45, 2.75) is 13.3 Å². The van der Waals surface area contributed by atoms with Crippen LogP contribution in [0.15, 0.2) is 57.9 Å². The Morgan fingerprint density at radius 3 is 2.54 bits per heavy atom. The molecule has 0 spiro atoms. The number of rotatable bonds is 3. The van der Waals surface area contributed by atoms with Gasteiger partial charge in [-0.05, 0) is 52.7 Å². The summed E-state index contributed by atoms with van der Waals surface area (Å²) in [6.45, 7) is 2.02. The predicted octanol–water partition coefficient (Wildman–Crippen LogP) is 4.29. The molecule has 3 N–H and O–H groups in total. The van der Waals surface area contributed by atoms with Gasteiger partial charge in [0, 0.05) is 22.9 Å². The van der Waals surface area contributed by atoms with E-state index in [1.165, 1.54) is 0 Å². The largest absolute Gasteiger partial charge is 0.508 e. The van der Waals surface area contributed by atoms with Crippen LogP contribution in [0.3, 0.4) is 0 Å². The number of hydrogen-bond donors (Lipinski definition) is 3. The molecule has 0 aliphatic rings. The molecule has 4 aromatic rings. The maximum atomic E-state index is 12.4. The number of H-pyrrole nitrogens is 2. The molecule has 0 fully saturated rings. The van der Waals surface area contributed by atoms with Crippen molar-refractivity contribution in [3.8, 4) is 17.0 Å². The Balaban J connectivity index is 1.85. The van der Waals surface area contributed by atoms with Crippen molar-refractivity contribution in [3.63, 3.8) is 0 Å². The van der Waals surface area contributed by atoms with Gasteiger partial charge >= 0.3 is 0 Å². The molecular weight excluding hydrogens is 394 g/mol. The van der Waals surface area contributed by atoms with E-state index in [-0.39, 0.29) is 11.3 Å². The number of halogens is 1. The normalized spacial score (nSPS) is 11.2. The van der Waals surface area contributed by atoms with E-state index in [0.717, 1.165) is 32.3 Å². The number of phenolic OH excluding ortho intramolecular Hbond substituents is 1. The molecule has 0 amide bonds. The molecular formula is C20H16BrN3O2. The molecule has 0 radical (unpaired) electrons. The molecule has 0 aliphatic carbocycles. The quantitative estimate of drug-likeness (QED) is 0.441. The minimum Gasteiger partial charge on any atom is -0.508 e. The number of aromatic amines is 2. The van der Waals surface area contributed by atoms with Gasteiger partial charge in [0.2, 0.25) is 0 Å².